The maximum absolute atomic E-state index is 12.6. The van der Waals surface area contributed by atoms with Gasteiger partial charge in [-0.1, -0.05) is 0 Å². The van der Waals surface area contributed by atoms with Crippen molar-refractivity contribution in [2.24, 2.45) is 0 Å². The van der Waals surface area contributed by atoms with Gasteiger partial charge in [0.1, 0.15) is 34.1 Å². The largest absolute Gasteiger partial charge is 0.506 e. The van der Waals surface area contributed by atoms with E-state index in [-0.39, 0.29) is 38.5 Å². The van der Waals surface area contributed by atoms with Gasteiger partial charge in [-0.05, 0) is 12.1 Å². The Labute approximate surface area is 163 Å². The second-order valence-electron chi connectivity index (χ2n) is 6.53. The van der Waals surface area contributed by atoms with E-state index < -0.39 is 45.6 Å². The van der Waals surface area contributed by atoms with Gasteiger partial charge in [-0.15, -0.1) is 0 Å². The Morgan fingerprint density at radius 2 is 1.20 bits per heavy atom. The van der Waals surface area contributed by atoms with Crippen LogP contribution in [0.2, 0.25) is 0 Å². The van der Waals surface area contributed by atoms with Crippen LogP contribution in [0.15, 0.2) is 53.4 Å². The lowest BCUT2D eigenvalue weighted by Gasteiger charge is -2.06. The van der Waals surface area contributed by atoms with Crippen LogP contribution in [0.25, 0.3) is 44.0 Å². The molecule has 10 nitrogen and oxygen atoms in total. The molecule has 0 aliphatic heterocycles. The van der Waals surface area contributed by atoms with Crippen LogP contribution in [0.5, 0.6) is 28.7 Å². The quantitative estimate of drug-likeness (QED) is 0.204. The Hall–Kier alpha value is -4.60. The molecule has 0 saturated carbocycles. The second-order valence-corrected chi connectivity index (χ2v) is 6.53. The molecule has 0 aliphatic carbocycles. The van der Waals surface area contributed by atoms with Gasteiger partial charge in [0, 0.05) is 17.7 Å². The van der Waals surface area contributed by atoms with Gasteiger partial charge in [-0.2, -0.15) is 0 Å². The minimum Gasteiger partial charge on any atom is -0.506 e. The van der Waals surface area contributed by atoms with Crippen LogP contribution in [-0.4, -0.2) is 25.5 Å². The standard InChI is InChI=1S/C20H10O10/c21-9-1-6-13(3-11(9)23)29-19(26)15(17(6)25)8-5-28-18-7-2-10(22)12(24)4-14(7)30-20(27)16(8)18/h1-5,21-25H. The van der Waals surface area contributed by atoms with Gasteiger partial charge >= 0.3 is 11.3 Å². The molecule has 0 aliphatic rings. The first-order valence-corrected chi connectivity index (χ1v) is 8.38. The van der Waals surface area contributed by atoms with Gasteiger partial charge in [-0.25, -0.2) is 9.59 Å². The van der Waals surface area contributed by atoms with E-state index >= 15 is 0 Å². The normalized spacial score (nSPS) is 11.6. The molecule has 10 heteroatoms. The summed E-state index contributed by atoms with van der Waals surface area (Å²) >= 11 is 0. The number of phenolic OH excluding ortho intramolecular Hbond substituents is 4. The highest BCUT2D eigenvalue weighted by molar-refractivity contribution is 6.08. The first-order chi connectivity index (χ1) is 14.3. The van der Waals surface area contributed by atoms with Crippen LogP contribution in [0.1, 0.15) is 0 Å². The molecule has 2 aromatic carbocycles. The Morgan fingerprint density at radius 1 is 0.667 bits per heavy atom. The summed E-state index contributed by atoms with van der Waals surface area (Å²) in [7, 11) is 0. The first-order valence-electron chi connectivity index (χ1n) is 8.38. The van der Waals surface area contributed by atoms with Crippen molar-refractivity contribution in [2.75, 3.05) is 0 Å². The summed E-state index contributed by atoms with van der Waals surface area (Å²) in [6, 6.07) is 4.10. The molecule has 0 bridgehead atoms. The van der Waals surface area contributed by atoms with E-state index in [9.17, 15) is 35.1 Å². The van der Waals surface area contributed by atoms with Crippen LogP contribution in [0, 0.1) is 0 Å². The summed E-state index contributed by atoms with van der Waals surface area (Å²) in [5.41, 5.74) is -2.87. The van der Waals surface area contributed by atoms with Crippen LogP contribution < -0.4 is 11.3 Å². The summed E-state index contributed by atoms with van der Waals surface area (Å²) in [6.45, 7) is 0. The number of furan rings is 1. The van der Waals surface area contributed by atoms with Crippen molar-refractivity contribution in [3.05, 3.63) is 51.4 Å². The zero-order valence-corrected chi connectivity index (χ0v) is 14.7. The lowest BCUT2D eigenvalue weighted by atomic mass is 10.0. The molecule has 3 aromatic heterocycles. The first kappa shape index (κ1) is 17.5. The average molecular weight is 410 g/mol. The molecule has 5 rings (SSSR count). The summed E-state index contributed by atoms with van der Waals surface area (Å²) < 4.78 is 15.7. The molecule has 0 fully saturated rings. The van der Waals surface area contributed by atoms with E-state index in [4.69, 9.17) is 13.3 Å². The van der Waals surface area contributed by atoms with Crippen molar-refractivity contribution in [2.45, 2.75) is 0 Å². The van der Waals surface area contributed by atoms with Crippen molar-refractivity contribution in [3.8, 4) is 39.9 Å². The van der Waals surface area contributed by atoms with Crippen LogP contribution in [0.3, 0.4) is 0 Å². The fourth-order valence-corrected chi connectivity index (χ4v) is 3.36. The van der Waals surface area contributed by atoms with Crippen LogP contribution in [-0.2, 0) is 0 Å². The van der Waals surface area contributed by atoms with Gasteiger partial charge < -0.3 is 38.8 Å². The third-order valence-corrected chi connectivity index (χ3v) is 4.76. The summed E-state index contributed by atoms with van der Waals surface area (Å²) in [5, 5.41) is 49.1. The molecular weight excluding hydrogens is 400 g/mol. The van der Waals surface area contributed by atoms with E-state index in [2.05, 4.69) is 0 Å². The second kappa shape index (κ2) is 5.70. The average Bonchev–Trinajstić information content (AvgIpc) is 3.11. The Morgan fingerprint density at radius 3 is 1.87 bits per heavy atom. The SMILES string of the molecule is O=c1oc2cc(O)c(O)cc2c(O)c1-c1coc2c1c(=O)oc1cc(O)c(O)cc12. The topological polar surface area (TPSA) is 175 Å². The van der Waals surface area contributed by atoms with Gasteiger partial charge in [0.2, 0.25) is 0 Å². The Kier molecular flexibility index (Phi) is 3.33. The van der Waals surface area contributed by atoms with Crippen LogP contribution in [0.4, 0.5) is 0 Å². The predicted octanol–water partition coefficient (Wildman–Crippen LogP) is 2.84. The van der Waals surface area contributed by atoms with E-state index in [0.717, 1.165) is 30.5 Å². The Balaban J connectivity index is 1.91. The molecule has 0 saturated heterocycles. The lowest BCUT2D eigenvalue weighted by Crippen LogP contribution is -2.06. The highest BCUT2D eigenvalue weighted by Gasteiger charge is 2.25. The van der Waals surface area contributed by atoms with Crippen molar-refractivity contribution in [1.29, 1.82) is 0 Å². The monoisotopic (exact) mass is 410 g/mol. The maximum Gasteiger partial charge on any atom is 0.348 e. The minimum atomic E-state index is -1.04. The van der Waals surface area contributed by atoms with E-state index in [1.165, 1.54) is 0 Å². The van der Waals surface area contributed by atoms with Gasteiger partial charge in [0.05, 0.1) is 10.8 Å². The maximum atomic E-state index is 12.6. The molecule has 30 heavy (non-hydrogen) atoms. The fourth-order valence-electron chi connectivity index (χ4n) is 3.36. The molecule has 5 N–H and O–H groups in total. The zero-order chi connectivity index (χ0) is 21.3. The number of benzene rings is 2. The number of fused-ring (bicyclic) bond motifs is 4. The van der Waals surface area contributed by atoms with Gasteiger partial charge in [0.25, 0.3) is 0 Å². The smallest absolute Gasteiger partial charge is 0.348 e. The molecule has 3 heterocycles. The predicted molar refractivity (Wildman–Crippen MR) is 102 cm³/mol. The third kappa shape index (κ3) is 2.24. The van der Waals surface area contributed by atoms with E-state index in [0.29, 0.717) is 0 Å². The molecule has 0 unspecified atom stereocenters. The van der Waals surface area contributed by atoms with E-state index in [1.807, 2.05) is 0 Å². The summed E-state index contributed by atoms with van der Waals surface area (Å²) in [5.74, 6) is -2.73. The van der Waals surface area contributed by atoms with Crippen molar-refractivity contribution >= 4 is 32.9 Å². The van der Waals surface area contributed by atoms with Crippen molar-refractivity contribution in [3.63, 3.8) is 0 Å². The molecule has 0 spiro atoms. The van der Waals surface area contributed by atoms with Gasteiger partial charge in [0.15, 0.2) is 28.6 Å². The molecule has 0 atom stereocenters. The number of aromatic hydroxyl groups is 5. The molecule has 150 valence electrons. The van der Waals surface area contributed by atoms with Crippen LogP contribution >= 0.6 is 0 Å². The summed E-state index contributed by atoms with van der Waals surface area (Å²) in [4.78, 5) is 25.1. The minimum absolute atomic E-state index is 0.0565. The molecule has 0 amide bonds. The molecular formula is C20H10O10. The molecule has 0 radical (unpaired) electrons. The third-order valence-electron chi connectivity index (χ3n) is 4.76. The number of rotatable bonds is 1. The zero-order valence-electron chi connectivity index (χ0n) is 14.7. The number of hydrogen-bond donors (Lipinski definition) is 5. The molecule has 5 aromatic rings. The van der Waals surface area contributed by atoms with Gasteiger partial charge in [-0.3, -0.25) is 0 Å². The highest BCUT2D eigenvalue weighted by atomic mass is 16.4. The number of hydrogen-bond acceptors (Lipinski definition) is 10. The fraction of sp³-hybridized carbons (Fsp3) is 0. The van der Waals surface area contributed by atoms with E-state index in [1.54, 1.807) is 0 Å². The highest BCUT2D eigenvalue weighted by Crippen LogP contribution is 2.41. The Bertz CT molecular complexity index is 1630. The summed E-state index contributed by atoms with van der Waals surface area (Å²) in [6.07, 6.45) is 1.03. The van der Waals surface area contributed by atoms with Crippen molar-refractivity contribution in [1.82, 2.24) is 0 Å². The lowest BCUT2D eigenvalue weighted by molar-refractivity contribution is 0.402. The number of phenols is 4. The van der Waals surface area contributed by atoms with Crippen molar-refractivity contribution < 1.29 is 38.8 Å².